The molecule has 3 rings (SSSR count). The Morgan fingerprint density at radius 3 is 2.73 bits per heavy atom. The lowest BCUT2D eigenvalue weighted by atomic mass is 10.2. The van der Waals surface area contributed by atoms with E-state index in [0.717, 1.165) is 28.8 Å². The Labute approximate surface area is 126 Å². The monoisotopic (exact) mass is 331 g/mol. The Kier molecular flexibility index (Phi) is 3.32. The fraction of sp³-hybridized carbons (Fsp3) is 0.231. The summed E-state index contributed by atoms with van der Waals surface area (Å²) in [5, 5.41) is 8.72. The number of rotatable bonds is 3. The molecule has 116 valence electrons. The highest BCUT2D eigenvalue weighted by Gasteiger charge is 2.49. The lowest BCUT2D eigenvalue weighted by molar-refractivity contribution is -0.145. The second kappa shape index (κ2) is 4.94. The molecule has 1 aromatic rings. The van der Waals surface area contributed by atoms with E-state index in [-0.39, 0.29) is 34.2 Å². The van der Waals surface area contributed by atoms with Crippen molar-refractivity contribution >= 4 is 23.6 Å². The molecule has 0 saturated carbocycles. The number of hydrogen-bond donors (Lipinski definition) is 1. The van der Waals surface area contributed by atoms with Gasteiger partial charge in [0, 0.05) is 0 Å². The third-order valence-corrected chi connectivity index (χ3v) is 4.30. The first kappa shape index (κ1) is 14.8. The van der Waals surface area contributed by atoms with Crippen LogP contribution in [0, 0.1) is 0 Å². The van der Waals surface area contributed by atoms with Crippen LogP contribution in [0.2, 0.25) is 0 Å². The quantitative estimate of drug-likeness (QED) is 0.863. The lowest BCUT2D eigenvalue weighted by Gasteiger charge is -2.33. The zero-order chi connectivity index (χ0) is 16.1. The van der Waals surface area contributed by atoms with E-state index in [0.29, 0.717) is 0 Å². The Bertz CT molecular complexity index is 701. The van der Waals surface area contributed by atoms with Crippen LogP contribution < -0.4 is 4.74 Å². The largest absolute Gasteiger partial charge is 0.476 e. The third kappa shape index (κ3) is 2.41. The van der Waals surface area contributed by atoms with E-state index in [4.69, 9.17) is 9.84 Å². The van der Waals surface area contributed by atoms with Crippen molar-refractivity contribution in [2.45, 2.75) is 18.0 Å². The maximum absolute atomic E-state index is 12.7. The molecule has 1 fully saturated rings. The van der Waals surface area contributed by atoms with E-state index in [1.54, 1.807) is 0 Å². The van der Waals surface area contributed by atoms with Crippen molar-refractivity contribution in [3.8, 4) is 5.75 Å². The Morgan fingerprint density at radius 2 is 2.14 bits per heavy atom. The smallest absolute Gasteiger partial charge is 0.416 e. The number of alkyl halides is 3. The molecule has 1 atom stereocenters. The van der Waals surface area contributed by atoms with Crippen LogP contribution in [0.5, 0.6) is 5.75 Å². The molecular formula is C13H8F3NO4S. The number of nitrogens with zero attached hydrogens (tertiary/aromatic N) is 1. The SMILES string of the molecule is O=C(O)C1=C(Oc2cccc(C(F)(F)F)c2)SC2CC(=O)N12. The number of halogens is 3. The fourth-order valence-electron chi connectivity index (χ4n) is 2.13. The van der Waals surface area contributed by atoms with E-state index >= 15 is 0 Å². The van der Waals surface area contributed by atoms with Crippen LogP contribution in [0.3, 0.4) is 0 Å². The van der Waals surface area contributed by atoms with Crippen molar-refractivity contribution in [3.63, 3.8) is 0 Å². The maximum atomic E-state index is 12.7. The summed E-state index contributed by atoms with van der Waals surface area (Å²) >= 11 is 1.01. The fourth-order valence-corrected chi connectivity index (χ4v) is 3.38. The van der Waals surface area contributed by atoms with Crippen molar-refractivity contribution in [1.29, 1.82) is 0 Å². The number of thioether (sulfide) groups is 1. The number of fused-ring (bicyclic) bond motifs is 1. The van der Waals surface area contributed by atoms with Gasteiger partial charge in [-0.1, -0.05) is 17.8 Å². The number of amides is 1. The zero-order valence-electron chi connectivity index (χ0n) is 10.8. The predicted molar refractivity (Wildman–Crippen MR) is 69.6 cm³/mol. The molecule has 1 aromatic carbocycles. The molecule has 0 aliphatic carbocycles. The number of carbonyl (C=O) groups excluding carboxylic acids is 1. The van der Waals surface area contributed by atoms with Crippen LogP contribution in [-0.2, 0) is 15.8 Å². The van der Waals surface area contributed by atoms with Crippen molar-refractivity contribution in [2.24, 2.45) is 0 Å². The normalized spacial score (nSPS) is 20.8. The van der Waals surface area contributed by atoms with Crippen LogP contribution in [0.1, 0.15) is 12.0 Å². The number of carboxylic acid groups (broad SMARTS) is 1. The first-order valence-corrected chi connectivity index (χ1v) is 6.97. The highest BCUT2D eigenvalue weighted by Crippen LogP contribution is 2.46. The average Bonchev–Trinajstić information content (AvgIpc) is 2.71. The van der Waals surface area contributed by atoms with E-state index in [2.05, 4.69) is 0 Å². The van der Waals surface area contributed by atoms with E-state index in [1.807, 2.05) is 0 Å². The van der Waals surface area contributed by atoms with Gasteiger partial charge in [-0.05, 0) is 18.2 Å². The minimum absolute atomic E-state index is 0.0809. The molecule has 22 heavy (non-hydrogen) atoms. The van der Waals surface area contributed by atoms with Gasteiger partial charge < -0.3 is 9.84 Å². The Morgan fingerprint density at radius 1 is 1.41 bits per heavy atom. The minimum Gasteiger partial charge on any atom is -0.476 e. The molecule has 1 N–H and O–H groups in total. The molecule has 9 heteroatoms. The number of β-lactam (4-membered cyclic amide) rings is 1. The van der Waals surface area contributed by atoms with Gasteiger partial charge in [0.1, 0.15) is 5.75 Å². The highest BCUT2D eigenvalue weighted by molar-refractivity contribution is 8.03. The molecule has 0 radical (unpaired) electrons. The third-order valence-electron chi connectivity index (χ3n) is 3.16. The van der Waals surface area contributed by atoms with Gasteiger partial charge in [-0.15, -0.1) is 0 Å². The second-order valence-electron chi connectivity index (χ2n) is 4.61. The average molecular weight is 331 g/mol. The first-order chi connectivity index (χ1) is 10.3. The van der Waals surface area contributed by atoms with Crippen molar-refractivity contribution in [3.05, 3.63) is 40.6 Å². The van der Waals surface area contributed by atoms with Gasteiger partial charge in [0.15, 0.2) is 10.8 Å². The minimum atomic E-state index is -4.52. The van der Waals surface area contributed by atoms with Crippen LogP contribution in [-0.4, -0.2) is 27.3 Å². The highest BCUT2D eigenvalue weighted by atomic mass is 32.2. The van der Waals surface area contributed by atoms with Gasteiger partial charge in [-0.2, -0.15) is 13.2 Å². The summed E-state index contributed by atoms with van der Waals surface area (Å²) in [4.78, 5) is 23.7. The topological polar surface area (TPSA) is 66.8 Å². The number of carboxylic acids is 1. The summed E-state index contributed by atoms with van der Waals surface area (Å²) < 4.78 is 43.2. The second-order valence-corrected chi connectivity index (χ2v) is 5.76. The van der Waals surface area contributed by atoms with Gasteiger partial charge in [0.05, 0.1) is 17.4 Å². The first-order valence-electron chi connectivity index (χ1n) is 6.09. The summed E-state index contributed by atoms with van der Waals surface area (Å²) in [6, 6.07) is 4.13. The molecule has 1 amide bonds. The number of benzene rings is 1. The summed E-state index contributed by atoms with van der Waals surface area (Å²) in [5.74, 6) is -1.84. The van der Waals surface area contributed by atoms with Gasteiger partial charge in [0.2, 0.25) is 5.91 Å². The maximum Gasteiger partial charge on any atom is 0.416 e. The molecule has 0 aromatic heterocycles. The molecular weight excluding hydrogens is 323 g/mol. The summed E-state index contributed by atoms with van der Waals surface area (Å²) in [5.41, 5.74) is -1.23. The molecule has 5 nitrogen and oxygen atoms in total. The van der Waals surface area contributed by atoms with E-state index < -0.39 is 17.7 Å². The molecule has 0 bridgehead atoms. The standard InChI is InChI=1S/C13H8F3NO4S/c14-13(15,16)6-2-1-3-7(4-6)21-12-10(11(19)20)17-8(18)5-9(17)22-12/h1-4,9H,5H2,(H,19,20). The van der Waals surface area contributed by atoms with Gasteiger partial charge in [-0.3, -0.25) is 9.69 Å². The van der Waals surface area contributed by atoms with Crippen molar-refractivity contribution in [2.75, 3.05) is 0 Å². The van der Waals surface area contributed by atoms with Crippen LogP contribution >= 0.6 is 11.8 Å². The molecule has 2 aliphatic rings. The predicted octanol–water partition coefficient (Wildman–Crippen LogP) is 2.64. The van der Waals surface area contributed by atoms with Gasteiger partial charge >= 0.3 is 12.1 Å². The van der Waals surface area contributed by atoms with Crippen LogP contribution in [0.4, 0.5) is 13.2 Å². The number of carbonyl (C=O) groups is 2. The molecule has 1 unspecified atom stereocenters. The van der Waals surface area contributed by atoms with Gasteiger partial charge in [0.25, 0.3) is 0 Å². The Balaban J connectivity index is 1.90. The molecule has 2 heterocycles. The van der Waals surface area contributed by atoms with Crippen molar-refractivity contribution in [1.82, 2.24) is 4.90 Å². The zero-order valence-corrected chi connectivity index (χ0v) is 11.6. The van der Waals surface area contributed by atoms with Crippen LogP contribution in [0.25, 0.3) is 0 Å². The molecule has 2 aliphatic heterocycles. The van der Waals surface area contributed by atoms with Crippen molar-refractivity contribution < 1.29 is 32.6 Å². The van der Waals surface area contributed by atoms with Gasteiger partial charge in [-0.25, -0.2) is 4.79 Å². The number of ether oxygens (including phenoxy) is 1. The lowest BCUT2D eigenvalue weighted by Crippen LogP contribution is -2.48. The van der Waals surface area contributed by atoms with E-state index in [9.17, 15) is 22.8 Å². The summed E-state index contributed by atoms with van der Waals surface area (Å²) in [6.45, 7) is 0. The Hall–Kier alpha value is -2.16. The summed E-state index contributed by atoms with van der Waals surface area (Å²) in [6.07, 6.45) is -4.35. The molecule has 1 saturated heterocycles. The number of hydrogen-bond acceptors (Lipinski definition) is 4. The number of aliphatic carboxylic acids is 1. The van der Waals surface area contributed by atoms with E-state index in [1.165, 1.54) is 12.1 Å². The van der Waals surface area contributed by atoms with Crippen LogP contribution in [0.15, 0.2) is 35.1 Å². The summed E-state index contributed by atoms with van der Waals surface area (Å²) in [7, 11) is 0. The molecule has 0 spiro atoms.